The zero-order valence-electron chi connectivity index (χ0n) is 7.91. The molecule has 0 fully saturated rings. The molecule has 0 bridgehead atoms. The largest absolute Gasteiger partial charge is 0.505 e. The molecule has 86 valence electrons. The molecule has 0 saturated carbocycles. The molecule has 0 saturated heterocycles. The Bertz CT molecular complexity index is 336. The van der Waals surface area contributed by atoms with Crippen LogP contribution in [0.25, 0.3) is 0 Å². The van der Waals surface area contributed by atoms with Crippen LogP contribution in [-0.2, 0) is 0 Å². The Balaban J connectivity index is 0.00000196. The molecule has 0 amide bonds. The summed E-state index contributed by atoms with van der Waals surface area (Å²) in [5.41, 5.74) is 11.0. The van der Waals surface area contributed by atoms with Crippen LogP contribution in [0.4, 0.5) is 8.78 Å². The van der Waals surface area contributed by atoms with E-state index in [0.29, 0.717) is 13.0 Å². The van der Waals surface area contributed by atoms with Gasteiger partial charge in [-0.15, -0.1) is 12.4 Å². The maximum absolute atomic E-state index is 12.9. The molecule has 15 heavy (non-hydrogen) atoms. The van der Waals surface area contributed by atoms with E-state index in [4.69, 9.17) is 11.5 Å². The average Bonchev–Trinajstić information content (AvgIpc) is 2.15. The van der Waals surface area contributed by atoms with Crippen LogP contribution in [0.3, 0.4) is 0 Å². The molecule has 0 radical (unpaired) electrons. The van der Waals surface area contributed by atoms with Crippen LogP contribution in [0.15, 0.2) is 12.1 Å². The fourth-order valence-electron chi connectivity index (χ4n) is 1.19. The van der Waals surface area contributed by atoms with Crippen LogP contribution in [0, 0.1) is 11.6 Å². The van der Waals surface area contributed by atoms with E-state index in [2.05, 4.69) is 0 Å². The number of phenols is 1. The number of phenolic OH excluding ortho intramolecular Hbond substituents is 1. The van der Waals surface area contributed by atoms with Crippen LogP contribution in [0.5, 0.6) is 5.75 Å². The monoisotopic (exact) mass is 238 g/mol. The lowest BCUT2D eigenvalue weighted by Crippen LogP contribution is -2.15. The van der Waals surface area contributed by atoms with Gasteiger partial charge in [-0.25, -0.2) is 4.39 Å². The van der Waals surface area contributed by atoms with Crippen LogP contribution in [0.1, 0.15) is 18.0 Å². The van der Waals surface area contributed by atoms with Crippen molar-refractivity contribution in [1.29, 1.82) is 0 Å². The van der Waals surface area contributed by atoms with E-state index in [-0.39, 0.29) is 18.0 Å². The van der Waals surface area contributed by atoms with Gasteiger partial charge in [-0.1, -0.05) is 6.07 Å². The van der Waals surface area contributed by atoms with Gasteiger partial charge in [-0.05, 0) is 19.0 Å². The Morgan fingerprint density at radius 1 is 1.33 bits per heavy atom. The van der Waals surface area contributed by atoms with Gasteiger partial charge in [0.25, 0.3) is 0 Å². The molecule has 0 aliphatic heterocycles. The fraction of sp³-hybridized carbons (Fsp3) is 0.333. The Morgan fingerprint density at radius 3 is 2.47 bits per heavy atom. The number of halogens is 3. The van der Waals surface area contributed by atoms with Gasteiger partial charge in [-0.2, -0.15) is 4.39 Å². The third-order valence-electron chi connectivity index (χ3n) is 1.98. The first-order valence-corrected chi connectivity index (χ1v) is 4.20. The van der Waals surface area contributed by atoms with Crippen molar-refractivity contribution in [2.75, 3.05) is 6.54 Å². The van der Waals surface area contributed by atoms with Crippen LogP contribution < -0.4 is 11.5 Å². The van der Waals surface area contributed by atoms with Gasteiger partial charge in [0.2, 0.25) is 5.82 Å². The molecule has 0 spiro atoms. The van der Waals surface area contributed by atoms with Crippen molar-refractivity contribution in [2.45, 2.75) is 12.5 Å². The zero-order valence-corrected chi connectivity index (χ0v) is 8.73. The quantitative estimate of drug-likeness (QED) is 0.746. The first kappa shape index (κ1) is 14.1. The van der Waals surface area contributed by atoms with E-state index in [1.54, 1.807) is 0 Å². The first-order valence-electron chi connectivity index (χ1n) is 4.20. The van der Waals surface area contributed by atoms with E-state index in [0.717, 1.165) is 6.07 Å². The van der Waals surface area contributed by atoms with Gasteiger partial charge >= 0.3 is 0 Å². The summed E-state index contributed by atoms with van der Waals surface area (Å²) in [7, 11) is 0. The van der Waals surface area contributed by atoms with Gasteiger partial charge < -0.3 is 16.6 Å². The minimum absolute atomic E-state index is 0. The Labute approximate surface area is 92.5 Å². The van der Waals surface area contributed by atoms with E-state index in [1.165, 1.54) is 6.07 Å². The maximum Gasteiger partial charge on any atom is 0.200 e. The van der Waals surface area contributed by atoms with Crippen LogP contribution in [0.2, 0.25) is 0 Å². The molecule has 6 heteroatoms. The summed E-state index contributed by atoms with van der Waals surface area (Å²) in [5.74, 6) is -3.09. The van der Waals surface area contributed by atoms with Crippen molar-refractivity contribution >= 4 is 12.4 Å². The topological polar surface area (TPSA) is 72.3 Å². The molecule has 0 heterocycles. The summed E-state index contributed by atoms with van der Waals surface area (Å²) >= 11 is 0. The van der Waals surface area contributed by atoms with E-state index in [1.807, 2.05) is 0 Å². The van der Waals surface area contributed by atoms with E-state index in [9.17, 15) is 13.9 Å². The highest BCUT2D eigenvalue weighted by Crippen LogP contribution is 2.28. The normalized spacial score (nSPS) is 12.0. The van der Waals surface area contributed by atoms with Crippen molar-refractivity contribution in [2.24, 2.45) is 11.5 Å². The fourth-order valence-corrected chi connectivity index (χ4v) is 1.19. The third-order valence-corrected chi connectivity index (χ3v) is 1.98. The Kier molecular flexibility index (Phi) is 5.49. The third kappa shape index (κ3) is 3.02. The highest BCUT2D eigenvalue weighted by atomic mass is 35.5. The minimum Gasteiger partial charge on any atom is -0.505 e. The lowest BCUT2D eigenvalue weighted by molar-refractivity contribution is 0.396. The molecule has 0 unspecified atom stereocenters. The molecule has 0 aliphatic rings. The minimum atomic E-state index is -1.27. The lowest BCUT2D eigenvalue weighted by Gasteiger charge is -2.12. The molecule has 1 aromatic carbocycles. The predicted molar refractivity (Wildman–Crippen MR) is 55.9 cm³/mol. The number of benzene rings is 1. The molecular formula is C9H13ClF2N2O. The molecule has 1 atom stereocenters. The second-order valence-electron chi connectivity index (χ2n) is 2.98. The van der Waals surface area contributed by atoms with Crippen LogP contribution in [-0.4, -0.2) is 11.7 Å². The second kappa shape index (κ2) is 5.85. The summed E-state index contributed by atoms with van der Waals surface area (Å²) in [5, 5.41) is 9.24. The molecular weight excluding hydrogens is 226 g/mol. The number of rotatable bonds is 3. The van der Waals surface area contributed by atoms with Crippen LogP contribution >= 0.6 is 12.4 Å². The number of hydrogen-bond acceptors (Lipinski definition) is 3. The SMILES string of the molecule is Cl.NCC[C@H](N)c1ccc(F)c(F)c1O. The standard InChI is InChI=1S/C9H12F2N2O.ClH/c10-6-2-1-5(7(13)3-4-12)9(14)8(6)11;/h1-2,7,14H,3-4,12-13H2;1H/t7-;/m0./s1. The average molecular weight is 239 g/mol. The number of hydrogen-bond donors (Lipinski definition) is 3. The van der Waals surface area contributed by atoms with Gasteiger partial charge in [0.05, 0.1) is 0 Å². The zero-order chi connectivity index (χ0) is 10.7. The lowest BCUT2D eigenvalue weighted by atomic mass is 10.0. The molecule has 1 rings (SSSR count). The van der Waals surface area contributed by atoms with Gasteiger partial charge in [-0.3, -0.25) is 0 Å². The maximum atomic E-state index is 12.9. The van der Waals surface area contributed by atoms with Gasteiger partial charge in [0, 0.05) is 11.6 Å². The van der Waals surface area contributed by atoms with E-state index < -0.39 is 23.4 Å². The van der Waals surface area contributed by atoms with Gasteiger partial charge in [0.15, 0.2) is 11.6 Å². The summed E-state index contributed by atoms with van der Waals surface area (Å²) in [6.07, 6.45) is 0.401. The van der Waals surface area contributed by atoms with E-state index >= 15 is 0 Å². The molecule has 3 nitrogen and oxygen atoms in total. The molecule has 1 aromatic rings. The molecule has 5 N–H and O–H groups in total. The smallest absolute Gasteiger partial charge is 0.200 e. The van der Waals surface area contributed by atoms with Crippen molar-refractivity contribution in [1.82, 2.24) is 0 Å². The molecule has 0 aromatic heterocycles. The summed E-state index contributed by atoms with van der Waals surface area (Å²) in [6, 6.07) is 1.62. The highest BCUT2D eigenvalue weighted by Gasteiger charge is 2.16. The van der Waals surface area contributed by atoms with Crippen molar-refractivity contribution < 1.29 is 13.9 Å². The second-order valence-corrected chi connectivity index (χ2v) is 2.98. The van der Waals surface area contributed by atoms with Crippen molar-refractivity contribution in [3.63, 3.8) is 0 Å². The number of aromatic hydroxyl groups is 1. The van der Waals surface area contributed by atoms with Crippen molar-refractivity contribution in [3.05, 3.63) is 29.3 Å². The number of nitrogens with two attached hydrogens (primary N) is 2. The predicted octanol–water partition coefficient (Wildman–Crippen LogP) is 1.44. The molecule has 0 aliphatic carbocycles. The summed E-state index contributed by atoms with van der Waals surface area (Å²) in [4.78, 5) is 0. The van der Waals surface area contributed by atoms with Gasteiger partial charge in [0.1, 0.15) is 0 Å². The Morgan fingerprint density at radius 2 is 1.93 bits per heavy atom. The van der Waals surface area contributed by atoms with Crippen molar-refractivity contribution in [3.8, 4) is 5.75 Å². The highest BCUT2D eigenvalue weighted by molar-refractivity contribution is 5.85. The summed E-state index contributed by atoms with van der Waals surface area (Å²) < 4.78 is 25.5. The summed E-state index contributed by atoms with van der Waals surface area (Å²) in [6.45, 7) is 0.319. The first-order chi connectivity index (χ1) is 6.57. The Hall–Kier alpha value is -0.910.